The Balaban J connectivity index is 0.00000160. The van der Waals surface area contributed by atoms with Crippen molar-refractivity contribution in [3.8, 4) is 0 Å². The minimum absolute atomic E-state index is 0. The van der Waals surface area contributed by atoms with Crippen molar-refractivity contribution in [2.45, 2.75) is 52.2 Å². The molecule has 3 fully saturated rings. The van der Waals surface area contributed by atoms with Crippen molar-refractivity contribution < 1.29 is 14.2 Å². The first-order valence-electron chi connectivity index (χ1n) is 10.8. The van der Waals surface area contributed by atoms with Gasteiger partial charge in [0.15, 0.2) is 0 Å². The molecule has 0 radical (unpaired) electrons. The van der Waals surface area contributed by atoms with E-state index in [0.717, 1.165) is 32.1 Å². The second-order valence-electron chi connectivity index (χ2n) is 10.0. The summed E-state index contributed by atoms with van der Waals surface area (Å²) in [5.74, 6) is 0.595. The van der Waals surface area contributed by atoms with Crippen molar-refractivity contribution in [2.24, 2.45) is 16.7 Å². The van der Waals surface area contributed by atoms with E-state index in [1.54, 1.807) is 6.07 Å². The van der Waals surface area contributed by atoms with Gasteiger partial charge in [-0.05, 0) is 48.1 Å². The molecule has 1 aliphatic heterocycles. The van der Waals surface area contributed by atoms with Crippen molar-refractivity contribution in [3.63, 3.8) is 0 Å². The number of aliphatic hydroxyl groups is 1. The lowest BCUT2D eigenvalue weighted by Crippen LogP contribution is -2.50. The van der Waals surface area contributed by atoms with Gasteiger partial charge in [-0.15, -0.1) is 24.8 Å². The first-order chi connectivity index (χ1) is 13.3. The molecule has 1 aromatic rings. The van der Waals surface area contributed by atoms with Crippen LogP contribution in [0.5, 0.6) is 0 Å². The molecule has 1 N–H and O–H groups in total. The molecule has 0 aromatic heterocycles. The number of anilines is 1. The molecule has 4 nitrogen and oxygen atoms in total. The van der Waals surface area contributed by atoms with Gasteiger partial charge in [-0.1, -0.05) is 32.9 Å². The topological polar surface area (TPSA) is 35.9 Å². The van der Waals surface area contributed by atoms with E-state index in [-0.39, 0.29) is 47.6 Å². The smallest absolute Gasteiger partial charge is 0.146 e. The fraction of sp³-hybridized carbons (Fsp3) is 0.739. The van der Waals surface area contributed by atoms with Gasteiger partial charge in [-0.2, -0.15) is 0 Å². The highest BCUT2D eigenvalue weighted by atomic mass is 35.5. The summed E-state index contributed by atoms with van der Waals surface area (Å²) in [6, 6.07) is 6.96. The number of fused-ring (bicyclic) bond motifs is 2. The van der Waals surface area contributed by atoms with Gasteiger partial charge in [0.1, 0.15) is 5.82 Å². The lowest BCUT2D eigenvalue weighted by Gasteiger charge is -2.43. The zero-order chi connectivity index (χ0) is 19.9. The third-order valence-corrected chi connectivity index (χ3v) is 7.63. The Bertz CT molecular complexity index is 695. The second kappa shape index (κ2) is 9.91. The summed E-state index contributed by atoms with van der Waals surface area (Å²) >= 11 is 0. The van der Waals surface area contributed by atoms with Crippen LogP contribution in [0.3, 0.4) is 0 Å². The number of benzene rings is 1. The van der Waals surface area contributed by atoms with Crippen molar-refractivity contribution in [3.05, 3.63) is 30.1 Å². The number of β-amino-alcohol motifs (C(OH)–C–C–N with tert-alkyl or cyclic N) is 1. The van der Waals surface area contributed by atoms with Crippen LogP contribution in [0.1, 0.15) is 40.0 Å². The molecule has 30 heavy (non-hydrogen) atoms. The highest BCUT2D eigenvalue weighted by Gasteiger charge is 2.60. The average Bonchev–Trinajstić information content (AvgIpc) is 3.14. The zero-order valence-electron chi connectivity index (χ0n) is 18.3. The van der Waals surface area contributed by atoms with E-state index in [0.29, 0.717) is 18.8 Å². The Labute approximate surface area is 193 Å². The molecule has 172 valence electrons. The van der Waals surface area contributed by atoms with Crippen LogP contribution in [-0.2, 0) is 4.74 Å². The summed E-state index contributed by atoms with van der Waals surface area (Å²) in [6.07, 6.45) is 3.60. The molecular weight excluding hydrogens is 426 g/mol. The van der Waals surface area contributed by atoms with Crippen LogP contribution in [0.2, 0.25) is 0 Å². The molecule has 7 heteroatoms. The average molecular weight is 463 g/mol. The quantitative estimate of drug-likeness (QED) is 0.679. The minimum atomic E-state index is -0.474. The molecule has 2 saturated carbocycles. The van der Waals surface area contributed by atoms with E-state index in [4.69, 9.17) is 4.74 Å². The van der Waals surface area contributed by atoms with Gasteiger partial charge >= 0.3 is 0 Å². The Morgan fingerprint density at radius 1 is 1.13 bits per heavy atom. The van der Waals surface area contributed by atoms with Gasteiger partial charge in [-0.25, -0.2) is 4.39 Å². The van der Waals surface area contributed by atoms with Crippen LogP contribution >= 0.6 is 24.8 Å². The van der Waals surface area contributed by atoms with E-state index in [1.807, 2.05) is 12.1 Å². The predicted octanol–water partition coefficient (Wildman–Crippen LogP) is 4.38. The Morgan fingerprint density at radius 2 is 1.80 bits per heavy atom. The number of para-hydroxylation sites is 1. The number of nitrogens with zero attached hydrogens (tertiary/aromatic N) is 2. The second-order valence-corrected chi connectivity index (χ2v) is 10.0. The molecule has 0 amide bonds. The van der Waals surface area contributed by atoms with E-state index < -0.39 is 6.10 Å². The maximum absolute atomic E-state index is 14.0. The molecule has 3 aliphatic rings. The fourth-order valence-electron chi connectivity index (χ4n) is 6.11. The largest absolute Gasteiger partial charge is 0.389 e. The molecule has 1 heterocycles. The molecule has 4 unspecified atom stereocenters. The van der Waals surface area contributed by atoms with Gasteiger partial charge in [0, 0.05) is 32.7 Å². The highest BCUT2D eigenvalue weighted by Crippen LogP contribution is 2.63. The van der Waals surface area contributed by atoms with Crippen molar-refractivity contribution >= 4 is 30.5 Å². The van der Waals surface area contributed by atoms with Crippen molar-refractivity contribution in [1.29, 1.82) is 0 Å². The first kappa shape index (κ1) is 25.7. The molecule has 2 aliphatic carbocycles. The van der Waals surface area contributed by atoms with E-state index in [1.165, 1.54) is 25.3 Å². The minimum Gasteiger partial charge on any atom is -0.389 e. The van der Waals surface area contributed by atoms with E-state index in [2.05, 4.69) is 30.6 Å². The molecular formula is C23H37Cl2FN2O2. The molecule has 4 rings (SSSR count). The summed E-state index contributed by atoms with van der Waals surface area (Å²) < 4.78 is 20.3. The van der Waals surface area contributed by atoms with Crippen LogP contribution < -0.4 is 4.90 Å². The Morgan fingerprint density at radius 3 is 2.40 bits per heavy atom. The third-order valence-electron chi connectivity index (χ3n) is 7.63. The third kappa shape index (κ3) is 4.91. The number of aliphatic hydroxyl groups excluding tert-OH is 1. The van der Waals surface area contributed by atoms with Crippen LogP contribution in [0.25, 0.3) is 0 Å². The summed E-state index contributed by atoms with van der Waals surface area (Å²) in [7, 11) is 0. The number of hydrogen-bond acceptors (Lipinski definition) is 4. The van der Waals surface area contributed by atoms with Crippen LogP contribution in [0.4, 0.5) is 10.1 Å². The normalized spacial score (nSPS) is 31.2. The first-order valence-corrected chi connectivity index (χ1v) is 10.8. The summed E-state index contributed by atoms with van der Waals surface area (Å²) in [6.45, 7) is 11.3. The fourth-order valence-corrected chi connectivity index (χ4v) is 6.11. The van der Waals surface area contributed by atoms with E-state index >= 15 is 0 Å². The van der Waals surface area contributed by atoms with Gasteiger partial charge in [-0.3, -0.25) is 4.90 Å². The van der Waals surface area contributed by atoms with Crippen molar-refractivity contribution in [2.75, 3.05) is 44.2 Å². The van der Waals surface area contributed by atoms with Gasteiger partial charge < -0.3 is 14.7 Å². The predicted molar refractivity (Wildman–Crippen MR) is 125 cm³/mol. The van der Waals surface area contributed by atoms with E-state index in [9.17, 15) is 9.50 Å². The maximum atomic E-state index is 14.0. The Kier molecular flexibility index (Phi) is 8.48. The van der Waals surface area contributed by atoms with Gasteiger partial charge in [0.25, 0.3) is 0 Å². The lowest BCUT2D eigenvalue weighted by atomic mass is 9.70. The van der Waals surface area contributed by atoms with Crippen LogP contribution in [-0.4, -0.2) is 61.5 Å². The molecule has 2 bridgehead atoms. The van der Waals surface area contributed by atoms with Crippen molar-refractivity contribution in [1.82, 2.24) is 4.90 Å². The summed E-state index contributed by atoms with van der Waals surface area (Å²) in [5.41, 5.74) is 1.16. The maximum Gasteiger partial charge on any atom is 0.146 e. The zero-order valence-corrected chi connectivity index (χ0v) is 20.0. The van der Waals surface area contributed by atoms with Crippen LogP contribution in [0, 0.1) is 22.6 Å². The monoisotopic (exact) mass is 462 g/mol. The number of piperazine rings is 1. The molecule has 4 atom stereocenters. The molecule has 1 saturated heterocycles. The number of rotatable bonds is 6. The van der Waals surface area contributed by atoms with Gasteiger partial charge in [0.05, 0.1) is 24.5 Å². The SMILES string of the molecule is CC12CCC(C1)C(C)(C)C2OCC(O)CN1CCN(c2ccccc2F)CC1.Cl.Cl. The van der Waals surface area contributed by atoms with Crippen LogP contribution in [0.15, 0.2) is 24.3 Å². The Hall–Kier alpha value is -0.590. The molecule has 0 spiro atoms. The molecule has 1 aromatic carbocycles. The summed E-state index contributed by atoms with van der Waals surface area (Å²) in [5, 5.41) is 10.6. The summed E-state index contributed by atoms with van der Waals surface area (Å²) in [4.78, 5) is 4.35. The standard InChI is InChI=1S/C23H35FN2O2.2ClH/c1-22(2)17-8-9-23(3,14-17)21(22)28-16-18(27)15-25-10-12-26(13-11-25)20-7-5-4-6-19(20)24;;/h4-7,17-18,21,27H,8-16H2,1-3H3;2*1H. The lowest BCUT2D eigenvalue weighted by molar-refractivity contribution is -0.113. The number of ether oxygens (including phenoxy) is 1. The van der Waals surface area contributed by atoms with Gasteiger partial charge in [0.2, 0.25) is 0 Å². The number of hydrogen-bond donors (Lipinski definition) is 1. The number of halogens is 3. The highest BCUT2D eigenvalue weighted by molar-refractivity contribution is 5.85.